The van der Waals surface area contributed by atoms with E-state index >= 15 is 0 Å². The fourth-order valence-electron chi connectivity index (χ4n) is 2.10. The molecule has 1 saturated heterocycles. The third-order valence-electron chi connectivity index (χ3n) is 3.20. The van der Waals surface area contributed by atoms with Gasteiger partial charge in [0, 0.05) is 17.6 Å². The molecule has 1 heterocycles. The van der Waals surface area contributed by atoms with Gasteiger partial charge >= 0.3 is 0 Å². The van der Waals surface area contributed by atoms with E-state index in [2.05, 4.69) is 21.2 Å². The summed E-state index contributed by atoms with van der Waals surface area (Å²) in [5, 5.41) is 3.20. The minimum absolute atomic E-state index is 0.00817. The number of benzene rings is 1. The van der Waals surface area contributed by atoms with Crippen LogP contribution in [0.15, 0.2) is 28.7 Å². The van der Waals surface area contributed by atoms with Crippen molar-refractivity contribution in [2.45, 2.75) is 25.4 Å². The van der Waals surface area contributed by atoms with E-state index in [0.29, 0.717) is 0 Å². The number of amides is 2. The summed E-state index contributed by atoms with van der Waals surface area (Å²) in [6.07, 6.45) is 0.240. The molecule has 0 aliphatic carbocycles. The maximum absolute atomic E-state index is 11.8. The second-order valence-electron chi connectivity index (χ2n) is 4.46. The van der Waals surface area contributed by atoms with Gasteiger partial charge in [-0.1, -0.05) is 34.1 Å². The van der Waals surface area contributed by atoms with Crippen molar-refractivity contribution in [2.75, 3.05) is 7.05 Å². The molecule has 1 fully saturated rings. The van der Waals surface area contributed by atoms with Gasteiger partial charge in [0.15, 0.2) is 0 Å². The molecule has 1 N–H and O–H groups in total. The highest BCUT2D eigenvalue weighted by atomic mass is 79.9. The second kappa shape index (κ2) is 5.20. The quantitative estimate of drug-likeness (QED) is 0.867. The zero-order valence-corrected chi connectivity index (χ0v) is 11.9. The SMILES string of the molecule is CC(NC1CC(=O)N(C)C1=O)c1ccccc1Br. The van der Waals surface area contributed by atoms with Crippen molar-refractivity contribution >= 4 is 27.7 Å². The Bertz CT molecular complexity index is 490. The third kappa shape index (κ3) is 2.47. The number of carbonyl (C=O) groups is 2. The first-order chi connectivity index (χ1) is 8.50. The molecule has 1 aromatic rings. The summed E-state index contributed by atoms with van der Waals surface area (Å²) in [4.78, 5) is 24.4. The van der Waals surface area contributed by atoms with Gasteiger partial charge in [0.25, 0.3) is 0 Å². The van der Waals surface area contributed by atoms with Gasteiger partial charge in [-0.05, 0) is 18.6 Å². The molecule has 1 aromatic carbocycles. The molecule has 0 aromatic heterocycles. The number of imide groups is 1. The maximum Gasteiger partial charge on any atom is 0.246 e. The van der Waals surface area contributed by atoms with Crippen molar-refractivity contribution in [1.82, 2.24) is 10.2 Å². The van der Waals surface area contributed by atoms with E-state index in [9.17, 15) is 9.59 Å². The number of nitrogens with zero attached hydrogens (tertiary/aromatic N) is 1. The third-order valence-corrected chi connectivity index (χ3v) is 3.93. The number of likely N-dealkylation sites (tertiary alicyclic amines) is 1. The van der Waals surface area contributed by atoms with Crippen LogP contribution in [0.3, 0.4) is 0 Å². The summed E-state index contributed by atoms with van der Waals surface area (Å²) in [5.41, 5.74) is 1.08. The van der Waals surface area contributed by atoms with E-state index in [1.54, 1.807) is 0 Å². The van der Waals surface area contributed by atoms with Crippen molar-refractivity contribution in [1.29, 1.82) is 0 Å². The lowest BCUT2D eigenvalue weighted by Gasteiger charge is -2.19. The van der Waals surface area contributed by atoms with Crippen molar-refractivity contribution in [2.24, 2.45) is 0 Å². The van der Waals surface area contributed by atoms with E-state index in [1.165, 1.54) is 11.9 Å². The monoisotopic (exact) mass is 310 g/mol. The van der Waals surface area contributed by atoms with Crippen LogP contribution in [0.4, 0.5) is 0 Å². The molecule has 0 radical (unpaired) electrons. The standard InChI is InChI=1S/C13H15BrN2O2/c1-8(9-5-3-4-6-10(9)14)15-11-7-12(17)16(2)13(11)18/h3-6,8,11,15H,7H2,1-2H3. The zero-order valence-electron chi connectivity index (χ0n) is 10.3. The van der Waals surface area contributed by atoms with E-state index in [-0.39, 0.29) is 24.3 Å². The molecule has 0 bridgehead atoms. The molecule has 2 unspecified atom stereocenters. The van der Waals surface area contributed by atoms with Crippen LogP contribution in [0.5, 0.6) is 0 Å². The van der Waals surface area contributed by atoms with E-state index in [1.807, 2.05) is 31.2 Å². The van der Waals surface area contributed by atoms with Gasteiger partial charge < -0.3 is 0 Å². The van der Waals surface area contributed by atoms with E-state index in [0.717, 1.165) is 10.0 Å². The predicted octanol–water partition coefficient (Wildman–Crippen LogP) is 1.86. The smallest absolute Gasteiger partial charge is 0.246 e. The van der Waals surface area contributed by atoms with Crippen LogP contribution in [0.1, 0.15) is 24.9 Å². The molecule has 1 aliphatic rings. The number of hydrogen-bond acceptors (Lipinski definition) is 3. The average Bonchev–Trinajstić information content (AvgIpc) is 2.57. The summed E-state index contributed by atoms with van der Waals surface area (Å²) >= 11 is 3.48. The average molecular weight is 311 g/mol. The normalized spacial score (nSPS) is 21.5. The molecule has 5 heteroatoms. The fraction of sp³-hybridized carbons (Fsp3) is 0.385. The van der Waals surface area contributed by atoms with E-state index in [4.69, 9.17) is 0 Å². The number of halogens is 1. The van der Waals surface area contributed by atoms with Crippen molar-refractivity contribution < 1.29 is 9.59 Å². The first-order valence-corrected chi connectivity index (χ1v) is 6.61. The zero-order chi connectivity index (χ0) is 13.3. The highest BCUT2D eigenvalue weighted by Crippen LogP contribution is 2.24. The molecule has 4 nitrogen and oxygen atoms in total. The fourth-order valence-corrected chi connectivity index (χ4v) is 2.73. The van der Waals surface area contributed by atoms with Crippen LogP contribution >= 0.6 is 15.9 Å². The Morgan fingerprint density at radius 2 is 2.06 bits per heavy atom. The van der Waals surface area contributed by atoms with Crippen molar-refractivity contribution in [3.8, 4) is 0 Å². The van der Waals surface area contributed by atoms with Gasteiger partial charge in [-0.2, -0.15) is 0 Å². The van der Waals surface area contributed by atoms with Gasteiger partial charge in [-0.15, -0.1) is 0 Å². The van der Waals surface area contributed by atoms with Crippen molar-refractivity contribution in [3.63, 3.8) is 0 Å². The predicted molar refractivity (Wildman–Crippen MR) is 71.9 cm³/mol. The molecule has 18 heavy (non-hydrogen) atoms. The lowest BCUT2D eigenvalue weighted by molar-refractivity contribution is -0.137. The van der Waals surface area contributed by atoms with E-state index < -0.39 is 6.04 Å². The summed E-state index contributed by atoms with van der Waals surface area (Å²) in [5.74, 6) is -0.282. The molecule has 0 spiro atoms. The Hall–Kier alpha value is -1.20. The summed E-state index contributed by atoms with van der Waals surface area (Å²) in [6, 6.07) is 7.44. The molecule has 1 aliphatic heterocycles. The number of rotatable bonds is 3. The Labute approximate surface area is 114 Å². The van der Waals surface area contributed by atoms with Gasteiger partial charge in [-0.3, -0.25) is 19.8 Å². The molecular weight excluding hydrogens is 296 g/mol. The highest BCUT2D eigenvalue weighted by Gasteiger charge is 2.36. The van der Waals surface area contributed by atoms with Crippen LogP contribution in [-0.4, -0.2) is 29.8 Å². The molecule has 96 valence electrons. The van der Waals surface area contributed by atoms with Crippen molar-refractivity contribution in [3.05, 3.63) is 34.3 Å². The van der Waals surface area contributed by atoms with Crippen LogP contribution < -0.4 is 5.32 Å². The minimum atomic E-state index is -0.412. The lowest BCUT2D eigenvalue weighted by atomic mass is 10.1. The first-order valence-electron chi connectivity index (χ1n) is 5.81. The number of nitrogens with one attached hydrogen (secondary N) is 1. The van der Waals surface area contributed by atoms with Crippen LogP contribution in [0.25, 0.3) is 0 Å². The largest absolute Gasteiger partial charge is 0.299 e. The van der Waals surface area contributed by atoms with Crippen LogP contribution in [0.2, 0.25) is 0 Å². The Morgan fingerprint density at radius 3 is 2.61 bits per heavy atom. The number of likely N-dealkylation sites (N-methyl/N-ethyl adjacent to an activating group) is 1. The van der Waals surface area contributed by atoms with Crippen LogP contribution in [-0.2, 0) is 9.59 Å². The number of carbonyl (C=O) groups excluding carboxylic acids is 2. The lowest BCUT2D eigenvalue weighted by Crippen LogP contribution is -2.38. The first kappa shape index (κ1) is 13.2. The number of hydrogen-bond donors (Lipinski definition) is 1. The van der Waals surface area contributed by atoms with Gasteiger partial charge in [0.1, 0.15) is 0 Å². The summed E-state index contributed by atoms with van der Waals surface area (Å²) in [7, 11) is 1.52. The van der Waals surface area contributed by atoms with Crippen LogP contribution in [0, 0.1) is 0 Å². The molecule has 2 rings (SSSR count). The minimum Gasteiger partial charge on any atom is -0.299 e. The highest BCUT2D eigenvalue weighted by molar-refractivity contribution is 9.10. The molecule has 2 atom stereocenters. The summed E-state index contributed by atoms with van der Waals surface area (Å²) < 4.78 is 0.995. The molecular formula is C13H15BrN2O2. The van der Waals surface area contributed by atoms with Gasteiger partial charge in [0.05, 0.1) is 12.5 Å². The Morgan fingerprint density at radius 1 is 1.39 bits per heavy atom. The molecule has 0 saturated carbocycles. The summed E-state index contributed by atoms with van der Waals surface area (Å²) in [6.45, 7) is 1.98. The van der Waals surface area contributed by atoms with Gasteiger partial charge in [0.2, 0.25) is 11.8 Å². The Kier molecular flexibility index (Phi) is 3.82. The maximum atomic E-state index is 11.8. The topological polar surface area (TPSA) is 49.4 Å². The Balaban J connectivity index is 2.09. The second-order valence-corrected chi connectivity index (χ2v) is 5.31. The van der Waals surface area contributed by atoms with Gasteiger partial charge in [-0.25, -0.2) is 0 Å². The molecule has 2 amide bonds.